The van der Waals surface area contributed by atoms with Crippen molar-refractivity contribution < 1.29 is 22.7 Å². The largest absolute Gasteiger partial charge is 0.484 e. The van der Waals surface area contributed by atoms with Crippen LogP contribution in [0.25, 0.3) is 0 Å². The molecule has 0 atom stereocenters. The minimum absolute atomic E-state index is 0.108. The second-order valence-electron chi connectivity index (χ2n) is 6.60. The Morgan fingerprint density at radius 2 is 1.61 bits per heavy atom. The van der Waals surface area contributed by atoms with Gasteiger partial charge < -0.3 is 15.0 Å². The summed E-state index contributed by atoms with van der Waals surface area (Å²) < 4.78 is 28.2. The molecule has 0 unspecified atom stereocenters. The first-order chi connectivity index (χ1) is 13.1. The molecule has 0 bridgehead atoms. The number of carbonyl (C=O) groups excluding carboxylic acids is 2. The van der Waals surface area contributed by atoms with E-state index in [-0.39, 0.29) is 29.9 Å². The summed E-state index contributed by atoms with van der Waals surface area (Å²) in [7, 11) is -1.77. The third-order valence-corrected chi connectivity index (χ3v) is 5.29. The quantitative estimate of drug-likeness (QED) is 0.764. The third kappa shape index (κ3) is 5.82. The van der Waals surface area contributed by atoms with Crippen molar-refractivity contribution >= 4 is 27.3 Å². The predicted molar refractivity (Wildman–Crippen MR) is 107 cm³/mol. The maximum absolute atomic E-state index is 12.2. The number of para-hydroxylation sites is 1. The Hall–Kier alpha value is -2.87. The van der Waals surface area contributed by atoms with Crippen LogP contribution in [0.5, 0.6) is 5.75 Å². The fourth-order valence-electron chi connectivity index (χ4n) is 2.53. The highest BCUT2D eigenvalue weighted by Crippen LogP contribution is 2.19. The number of aryl methyl sites for hydroxylation is 2. The van der Waals surface area contributed by atoms with E-state index in [2.05, 4.69) is 5.32 Å². The van der Waals surface area contributed by atoms with Gasteiger partial charge in [-0.25, -0.2) is 8.42 Å². The molecular formula is C20H24N2O5S. The van der Waals surface area contributed by atoms with Crippen molar-refractivity contribution in [3.05, 3.63) is 53.6 Å². The molecular weight excluding hydrogens is 380 g/mol. The molecule has 0 radical (unpaired) electrons. The summed E-state index contributed by atoms with van der Waals surface area (Å²) in [6, 6.07) is 11.5. The maximum Gasteiger partial charge on any atom is 0.260 e. The van der Waals surface area contributed by atoms with Crippen molar-refractivity contribution in [3.63, 3.8) is 0 Å². The Bertz CT molecular complexity index is 948. The number of benzene rings is 2. The van der Waals surface area contributed by atoms with Crippen LogP contribution < -0.4 is 10.1 Å². The third-order valence-electron chi connectivity index (χ3n) is 4.17. The van der Waals surface area contributed by atoms with E-state index in [0.29, 0.717) is 5.75 Å². The fraction of sp³-hybridized carbons (Fsp3) is 0.300. The van der Waals surface area contributed by atoms with Gasteiger partial charge in [0.15, 0.2) is 16.4 Å². The zero-order chi connectivity index (χ0) is 20.9. The number of likely N-dealkylation sites (N-methyl/N-ethyl adjacent to an activating group) is 1. The normalized spacial score (nSPS) is 11.0. The highest BCUT2D eigenvalue weighted by molar-refractivity contribution is 7.90. The van der Waals surface area contributed by atoms with Gasteiger partial charge in [-0.3, -0.25) is 9.59 Å². The highest BCUT2D eigenvalue weighted by atomic mass is 32.2. The lowest BCUT2D eigenvalue weighted by Crippen LogP contribution is -2.37. The molecule has 2 amide bonds. The molecule has 2 rings (SSSR count). The lowest BCUT2D eigenvalue weighted by Gasteiger charge is -2.18. The number of sulfone groups is 1. The van der Waals surface area contributed by atoms with E-state index in [1.165, 1.54) is 36.2 Å². The van der Waals surface area contributed by atoms with E-state index in [0.717, 1.165) is 23.1 Å². The Balaban J connectivity index is 1.88. The molecule has 1 N–H and O–H groups in total. The van der Waals surface area contributed by atoms with Crippen LogP contribution in [0.15, 0.2) is 47.4 Å². The number of anilines is 1. The second-order valence-corrected chi connectivity index (χ2v) is 8.61. The summed E-state index contributed by atoms with van der Waals surface area (Å²) in [4.78, 5) is 25.9. The topological polar surface area (TPSA) is 92.8 Å². The molecule has 8 heteroatoms. The molecule has 150 valence electrons. The number of nitrogens with one attached hydrogen (secondary N) is 1. The lowest BCUT2D eigenvalue weighted by molar-refractivity contribution is -0.135. The van der Waals surface area contributed by atoms with E-state index in [9.17, 15) is 18.0 Å². The summed E-state index contributed by atoms with van der Waals surface area (Å²) in [5, 5.41) is 2.83. The number of carbonyl (C=O) groups is 2. The zero-order valence-corrected chi connectivity index (χ0v) is 17.2. The zero-order valence-electron chi connectivity index (χ0n) is 16.4. The molecule has 0 saturated carbocycles. The Morgan fingerprint density at radius 3 is 2.14 bits per heavy atom. The first-order valence-corrected chi connectivity index (χ1v) is 10.5. The van der Waals surface area contributed by atoms with Crippen LogP contribution in [0.2, 0.25) is 0 Å². The molecule has 0 aliphatic heterocycles. The molecule has 2 aromatic carbocycles. The SMILES string of the molecule is Cc1cccc(C)c1NC(=O)CN(C)C(=O)COc1ccc(S(C)(=O)=O)cc1. The Morgan fingerprint density at radius 1 is 1.04 bits per heavy atom. The van der Waals surface area contributed by atoms with Crippen LogP contribution in [-0.4, -0.2) is 51.6 Å². The van der Waals surface area contributed by atoms with Crippen LogP contribution in [0.4, 0.5) is 5.69 Å². The smallest absolute Gasteiger partial charge is 0.260 e. The average molecular weight is 404 g/mol. The van der Waals surface area contributed by atoms with Crippen LogP contribution >= 0.6 is 0 Å². The van der Waals surface area contributed by atoms with Crippen molar-refractivity contribution in [1.29, 1.82) is 0 Å². The van der Waals surface area contributed by atoms with Crippen LogP contribution in [0, 0.1) is 13.8 Å². The minimum Gasteiger partial charge on any atom is -0.484 e. The predicted octanol–water partition coefficient (Wildman–Crippen LogP) is 2.18. The van der Waals surface area contributed by atoms with Gasteiger partial charge in [-0.05, 0) is 49.2 Å². The van der Waals surface area contributed by atoms with E-state index in [1.807, 2.05) is 32.0 Å². The van der Waals surface area contributed by atoms with Gasteiger partial charge in [0.2, 0.25) is 5.91 Å². The molecule has 0 aliphatic rings. The summed E-state index contributed by atoms with van der Waals surface area (Å²) in [6.07, 6.45) is 1.12. The van der Waals surface area contributed by atoms with Crippen LogP contribution in [0.3, 0.4) is 0 Å². The van der Waals surface area contributed by atoms with Gasteiger partial charge in [0.1, 0.15) is 5.75 Å². The number of hydrogen-bond donors (Lipinski definition) is 1. The Labute approximate surface area is 165 Å². The minimum atomic E-state index is -3.29. The van der Waals surface area contributed by atoms with E-state index in [4.69, 9.17) is 4.74 Å². The molecule has 0 aromatic heterocycles. The van der Waals surface area contributed by atoms with Gasteiger partial charge in [0.05, 0.1) is 11.4 Å². The van der Waals surface area contributed by atoms with Gasteiger partial charge in [-0.15, -0.1) is 0 Å². The lowest BCUT2D eigenvalue weighted by atomic mass is 10.1. The van der Waals surface area contributed by atoms with E-state index in [1.54, 1.807) is 0 Å². The number of nitrogens with zero attached hydrogens (tertiary/aromatic N) is 1. The van der Waals surface area contributed by atoms with Gasteiger partial charge in [-0.1, -0.05) is 18.2 Å². The van der Waals surface area contributed by atoms with Gasteiger partial charge >= 0.3 is 0 Å². The molecule has 0 heterocycles. The molecule has 2 aromatic rings. The molecule has 7 nitrogen and oxygen atoms in total. The van der Waals surface area contributed by atoms with E-state index >= 15 is 0 Å². The number of amides is 2. The van der Waals surface area contributed by atoms with Crippen molar-refractivity contribution in [2.24, 2.45) is 0 Å². The molecule has 0 spiro atoms. The fourth-order valence-corrected chi connectivity index (χ4v) is 3.16. The second kappa shape index (κ2) is 8.88. The number of hydrogen-bond acceptors (Lipinski definition) is 5. The molecule has 0 saturated heterocycles. The summed E-state index contributed by atoms with van der Waals surface area (Å²) in [5.74, 6) is -0.302. The molecule has 0 fully saturated rings. The first kappa shape index (κ1) is 21.4. The summed E-state index contributed by atoms with van der Waals surface area (Å²) in [6.45, 7) is 3.44. The maximum atomic E-state index is 12.2. The molecule has 0 aliphatic carbocycles. The van der Waals surface area contributed by atoms with Gasteiger partial charge in [0, 0.05) is 19.0 Å². The monoisotopic (exact) mass is 404 g/mol. The average Bonchev–Trinajstić information content (AvgIpc) is 2.62. The van der Waals surface area contributed by atoms with Crippen LogP contribution in [-0.2, 0) is 19.4 Å². The standard InChI is InChI=1S/C20H24N2O5S/c1-14-6-5-7-15(2)20(14)21-18(23)12-22(3)19(24)13-27-16-8-10-17(11-9-16)28(4,25)26/h5-11H,12-13H2,1-4H3,(H,21,23). The van der Waals surface area contributed by atoms with Crippen molar-refractivity contribution in [1.82, 2.24) is 4.90 Å². The molecule has 28 heavy (non-hydrogen) atoms. The van der Waals surface area contributed by atoms with Crippen molar-refractivity contribution in [3.8, 4) is 5.75 Å². The number of ether oxygens (including phenoxy) is 1. The highest BCUT2D eigenvalue weighted by Gasteiger charge is 2.15. The van der Waals surface area contributed by atoms with Crippen LogP contribution in [0.1, 0.15) is 11.1 Å². The first-order valence-electron chi connectivity index (χ1n) is 8.61. The number of rotatable bonds is 7. The van der Waals surface area contributed by atoms with Crippen molar-refractivity contribution in [2.75, 3.05) is 31.8 Å². The summed E-state index contributed by atoms with van der Waals surface area (Å²) >= 11 is 0. The summed E-state index contributed by atoms with van der Waals surface area (Å²) in [5.41, 5.74) is 2.64. The van der Waals surface area contributed by atoms with Gasteiger partial charge in [0.25, 0.3) is 5.91 Å². The van der Waals surface area contributed by atoms with E-state index < -0.39 is 9.84 Å². The van der Waals surface area contributed by atoms with Gasteiger partial charge in [-0.2, -0.15) is 0 Å². The van der Waals surface area contributed by atoms with Crippen molar-refractivity contribution in [2.45, 2.75) is 18.7 Å². The Kier molecular flexibility index (Phi) is 6.80.